The second-order valence-electron chi connectivity index (χ2n) is 4.47. The Bertz CT molecular complexity index is 373. The molecule has 1 fully saturated rings. The second kappa shape index (κ2) is 4.94. The minimum atomic E-state index is 0.526. The van der Waals surface area contributed by atoms with Gasteiger partial charge in [0.1, 0.15) is 0 Å². The maximum absolute atomic E-state index is 6.00. The molecule has 1 N–H and O–H groups in total. The largest absolute Gasteiger partial charge is 0.368 e. The Morgan fingerprint density at radius 1 is 1.31 bits per heavy atom. The van der Waals surface area contributed by atoms with Crippen LogP contribution in [0.25, 0.3) is 0 Å². The summed E-state index contributed by atoms with van der Waals surface area (Å²) >= 11 is 9.47. The summed E-state index contributed by atoms with van der Waals surface area (Å²) in [7, 11) is 0. The Morgan fingerprint density at radius 2 is 1.94 bits per heavy atom. The van der Waals surface area contributed by atoms with E-state index in [-0.39, 0.29) is 0 Å². The zero-order valence-electron chi connectivity index (χ0n) is 9.50. The van der Waals surface area contributed by atoms with Crippen molar-refractivity contribution in [2.45, 2.75) is 25.9 Å². The standard InChI is InChI=1S/C12H16BrClN2/c1-8-6-16(7-9(2)15-8)10-3-4-12(14)11(13)5-10/h3-5,8-9,15H,6-7H2,1-2H3. The molecule has 0 aliphatic carbocycles. The first-order chi connectivity index (χ1) is 7.56. The van der Waals surface area contributed by atoms with Crippen molar-refractivity contribution in [1.29, 1.82) is 0 Å². The lowest BCUT2D eigenvalue weighted by atomic mass is 10.1. The Balaban J connectivity index is 2.19. The van der Waals surface area contributed by atoms with Crippen molar-refractivity contribution in [2.75, 3.05) is 18.0 Å². The van der Waals surface area contributed by atoms with Crippen LogP contribution in [0.5, 0.6) is 0 Å². The topological polar surface area (TPSA) is 15.3 Å². The van der Waals surface area contributed by atoms with Crippen molar-refractivity contribution in [3.05, 3.63) is 27.7 Å². The molecule has 2 unspecified atom stereocenters. The van der Waals surface area contributed by atoms with E-state index in [9.17, 15) is 0 Å². The van der Waals surface area contributed by atoms with Crippen LogP contribution in [0.4, 0.5) is 5.69 Å². The predicted octanol–water partition coefficient (Wildman–Crippen LogP) is 3.29. The van der Waals surface area contributed by atoms with Crippen molar-refractivity contribution in [3.8, 4) is 0 Å². The van der Waals surface area contributed by atoms with Gasteiger partial charge in [-0.25, -0.2) is 0 Å². The molecule has 2 rings (SSSR count). The van der Waals surface area contributed by atoms with E-state index >= 15 is 0 Å². The molecule has 0 amide bonds. The summed E-state index contributed by atoms with van der Waals surface area (Å²) in [5.74, 6) is 0. The van der Waals surface area contributed by atoms with Crippen molar-refractivity contribution < 1.29 is 0 Å². The fraction of sp³-hybridized carbons (Fsp3) is 0.500. The van der Waals surface area contributed by atoms with Gasteiger partial charge in [-0.1, -0.05) is 11.6 Å². The van der Waals surface area contributed by atoms with E-state index in [0.717, 1.165) is 22.6 Å². The van der Waals surface area contributed by atoms with E-state index in [2.05, 4.69) is 52.1 Å². The monoisotopic (exact) mass is 302 g/mol. The van der Waals surface area contributed by atoms with Crippen LogP contribution in [-0.4, -0.2) is 25.2 Å². The molecule has 1 aromatic rings. The third-order valence-electron chi connectivity index (χ3n) is 2.83. The zero-order chi connectivity index (χ0) is 11.7. The number of halogens is 2. The summed E-state index contributed by atoms with van der Waals surface area (Å²) in [5.41, 5.74) is 1.23. The van der Waals surface area contributed by atoms with Crippen molar-refractivity contribution >= 4 is 33.2 Å². The van der Waals surface area contributed by atoms with Gasteiger partial charge in [0, 0.05) is 35.3 Å². The van der Waals surface area contributed by atoms with Crippen molar-refractivity contribution in [2.24, 2.45) is 0 Å². The average Bonchev–Trinajstić information content (AvgIpc) is 2.20. The zero-order valence-corrected chi connectivity index (χ0v) is 11.8. The van der Waals surface area contributed by atoms with Gasteiger partial charge in [0.05, 0.1) is 5.02 Å². The van der Waals surface area contributed by atoms with E-state index in [1.807, 2.05) is 6.07 Å². The van der Waals surface area contributed by atoms with Gasteiger partial charge in [-0.05, 0) is 48.0 Å². The fourth-order valence-electron chi connectivity index (χ4n) is 2.22. The Labute approximate surface area is 110 Å². The molecule has 0 radical (unpaired) electrons. The van der Waals surface area contributed by atoms with Crippen LogP contribution >= 0.6 is 27.5 Å². The SMILES string of the molecule is CC1CN(c2ccc(Cl)c(Br)c2)CC(C)N1. The highest BCUT2D eigenvalue weighted by molar-refractivity contribution is 9.10. The molecule has 0 spiro atoms. The molecule has 1 saturated heterocycles. The summed E-state index contributed by atoms with van der Waals surface area (Å²) < 4.78 is 0.963. The number of hydrogen-bond acceptors (Lipinski definition) is 2. The van der Waals surface area contributed by atoms with E-state index in [1.54, 1.807) is 0 Å². The number of piperazine rings is 1. The van der Waals surface area contributed by atoms with Gasteiger partial charge in [0.25, 0.3) is 0 Å². The molecule has 2 atom stereocenters. The van der Waals surface area contributed by atoms with Crippen LogP contribution in [0, 0.1) is 0 Å². The first-order valence-corrected chi connectivity index (χ1v) is 6.69. The third-order valence-corrected chi connectivity index (χ3v) is 4.04. The number of nitrogens with one attached hydrogen (secondary N) is 1. The van der Waals surface area contributed by atoms with Gasteiger partial charge in [-0.3, -0.25) is 0 Å². The first kappa shape index (κ1) is 12.2. The van der Waals surface area contributed by atoms with E-state index in [4.69, 9.17) is 11.6 Å². The van der Waals surface area contributed by atoms with Crippen LogP contribution in [0.2, 0.25) is 5.02 Å². The summed E-state index contributed by atoms with van der Waals surface area (Å²) in [5, 5.41) is 4.29. The molecule has 0 aromatic heterocycles. The van der Waals surface area contributed by atoms with Crippen LogP contribution in [0.3, 0.4) is 0 Å². The maximum Gasteiger partial charge on any atom is 0.0549 e. The van der Waals surface area contributed by atoms with E-state index in [1.165, 1.54) is 5.69 Å². The van der Waals surface area contributed by atoms with Gasteiger partial charge >= 0.3 is 0 Å². The lowest BCUT2D eigenvalue weighted by Crippen LogP contribution is -2.54. The molecule has 1 heterocycles. The van der Waals surface area contributed by atoms with E-state index < -0.39 is 0 Å². The molecule has 88 valence electrons. The lowest BCUT2D eigenvalue weighted by molar-refractivity contribution is 0.407. The average molecular weight is 304 g/mol. The van der Waals surface area contributed by atoms with Crippen LogP contribution in [0.15, 0.2) is 22.7 Å². The summed E-state index contributed by atoms with van der Waals surface area (Å²) in [6.45, 7) is 6.51. The predicted molar refractivity (Wildman–Crippen MR) is 73.4 cm³/mol. The number of nitrogens with zero attached hydrogens (tertiary/aromatic N) is 1. The molecule has 1 aliphatic rings. The molecular formula is C12H16BrClN2. The van der Waals surface area contributed by atoms with Crippen molar-refractivity contribution in [1.82, 2.24) is 5.32 Å². The molecule has 0 saturated carbocycles. The highest BCUT2D eigenvalue weighted by atomic mass is 79.9. The highest BCUT2D eigenvalue weighted by Gasteiger charge is 2.21. The number of rotatable bonds is 1. The van der Waals surface area contributed by atoms with Crippen LogP contribution in [-0.2, 0) is 0 Å². The molecule has 16 heavy (non-hydrogen) atoms. The summed E-state index contributed by atoms with van der Waals surface area (Å²) in [4.78, 5) is 2.40. The lowest BCUT2D eigenvalue weighted by Gasteiger charge is -2.37. The van der Waals surface area contributed by atoms with Gasteiger partial charge in [0.15, 0.2) is 0 Å². The normalized spacial score (nSPS) is 25.9. The van der Waals surface area contributed by atoms with Gasteiger partial charge < -0.3 is 10.2 Å². The van der Waals surface area contributed by atoms with Crippen LogP contribution < -0.4 is 10.2 Å². The van der Waals surface area contributed by atoms with Crippen molar-refractivity contribution in [3.63, 3.8) is 0 Å². The number of benzene rings is 1. The summed E-state index contributed by atoms with van der Waals surface area (Å²) in [6, 6.07) is 7.17. The number of hydrogen-bond donors (Lipinski definition) is 1. The van der Waals surface area contributed by atoms with Gasteiger partial charge in [0.2, 0.25) is 0 Å². The smallest absolute Gasteiger partial charge is 0.0549 e. The molecule has 2 nitrogen and oxygen atoms in total. The molecule has 0 bridgehead atoms. The van der Waals surface area contributed by atoms with E-state index in [0.29, 0.717) is 12.1 Å². The Kier molecular flexibility index (Phi) is 3.77. The molecule has 1 aromatic carbocycles. The fourth-order valence-corrected chi connectivity index (χ4v) is 2.70. The Morgan fingerprint density at radius 3 is 2.50 bits per heavy atom. The molecule has 1 aliphatic heterocycles. The third kappa shape index (κ3) is 2.70. The minimum Gasteiger partial charge on any atom is -0.368 e. The minimum absolute atomic E-state index is 0.526. The first-order valence-electron chi connectivity index (χ1n) is 5.52. The van der Waals surface area contributed by atoms with Gasteiger partial charge in [-0.2, -0.15) is 0 Å². The highest BCUT2D eigenvalue weighted by Crippen LogP contribution is 2.28. The van der Waals surface area contributed by atoms with Gasteiger partial charge in [-0.15, -0.1) is 0 Å². The number of anilines is 1. The van der Waals surface area contributed by atoms with Crippen LogP contribution in [0.1, 0.15) is 13.8 Å². The quantitative estimate of drug-likeness (QED) is 0.856. The molecular weight excluding hydrogens is 288 g/mol. The second-order valence-corrected chi connectivity index (χ2v) is 5.73. The maximum atomic E-state index is 6.00. The molecule has 4 heteroatoms. The summed E-state index contributed by atoms with van der Waals surface area (Å²) in [6.07, 6.45) is 0. The Hall–Kier alpha value is -0.250.